The van der Waals surface area contributed by atoms with Gasteiger partial charge in [-0.15, -0.1) is 0 Å². The van der Waals surface area contributed by atoms with Gasteiger partial charge in [0.1, 0.15) is 46.0 Å². The molecule has 9 aromatic rings. The van der Waals surface area contributed by atoms with Gasteiger partial charge in [0, 0.05) is 79.1 Å². The molecule has 384 valence electrons. The van der Waals surface area contributed by atoms with Crippen molar-refractivity contribution in [2.75, 3.05) is 0 Å². The maximum Gasteiger partial charge on any atom is 0.268 e. The summed E-state index contributed by atoms with van der Waals surface area (Å²) < 4.78 is 45.3. The summed E-state index contributed by atoms with van der Waals surface area (Å²) in [6, 6.07) is 35.1. The summed E-state index contributed by atoms with van der Waals surface area (Å²) in [5, 5.41) is 9.51. The molecule has 0 amide bonds. The lowest BCUT2D eigenvalue weighted by atomic mass is 9.92. The number of pyridine rings is 2. The molecule has 10 rings (SSSR count). The number of rotatable bonds is 14. The van der Waals surface area contributed by atoms with Gasteiger partial charge < -0.3 is 14.5 Å². The summed E-state index contributed by atoms with van der Waals surface area (Å²) in [7, 11) is 0. The highest BCUT2D eigenvalue weighted by atomic mass is 19.1. The molecule has 0 saturated carbocycles. The molecule has 1 aliphatic rings. The third-order valence-electron chi connectivity index (χ3n) is 12.3. The zero-order valence-electron chi connectivity index (χ0n) is 42.7. The van der Waals surface area contributed by atoms with Crippen molar-refractivity contribution in [1.29, 1.82) is 0 Å². The fourth-order valence-electron chi connectivity index (χ4n) is 8.28. The average molecular weight is 1020 g/mol. The number of benzene rings is 4. The zero-order valence-corrected chi connectivity index (χ0v) is 42.7. The van der Waals surface area contributed by atoms with E-state index in [0.29, 0.717) is 28.4 Å². The standard InChI is InChI=1S/C30H27FN4O3.C29H26FN5O3/c1-30(2,3)28-15-21(35(34-28)20-7-5-4-6-8-20)14-22(36)13-19-9-10-24(17-26(19)31)38-27-11-12-32-29-25(27)16-23(37)18-33-29;1-29(2,3)25-15-20(35(34-25)19-7-5-4-6-8-19)14-21(36)13-18-9-10-22(16-23(18)30)38-24-11-12-31-28-27(24)32-17-26(37)33-28/h4-12,15,17-18H,13-14,16H2,1-3H3;4-12,15-17H,13-14H2,1-3H3,(H,31,33,37). The Morgan fingerprint density at radius 3 is 1.62 bits per heavy atom. The Labute approximate surface area is 436 Å². The van der Waals surface area contributed by atoms with E-state index >= 15 is 4.39 Å². The van der Waals surface area contributed by atoms with Crippen LogP contribution in [-0.2, 0) is 57.3 Å². The lowest BCUT2D eigenvalue weighted by molar-refractivity contribution is -0.118. The Bertz CT molecular complexity index is 3730. The maximum absolute atomic E-state index is 15.0. The molecule has 0 bridgehead atoms. The molecule has 0 spiro atoms. The number of Topliss-reactive ketones (excluding diaryl/α,β-unsaturated/α-hetero) is 3. The average Bonchev–Trinajstić information content (AvgIpc) is 4.04. The predicted octanol–water partition coefficient (Wildman–Crippen LogP) is 10.8. The Hall–Kier alpha value is -9.12. The van der Waals surface area contributed by atoms with Gasteiger partial charge in [0.25, 0.3) is 5.56 Å². The second-order valence-electron chi connectivity index (χ2n) is 20.3. The molecule has 1 aliphatic heterocycles. The quantitative estimate of drug-likeness (QED) is 0.109. The molecular weight excluding hydrogens is 969 g/mol. The molecule has 1 N–H and O–H groups in total. The lowest BCUT2D eigenvalue weighted by Gasteiger charge is -2.14. The van der Waals surface area contributed by atoms with Crippen molar-refractivity contribution < 1.29 is 32.6 Å². The number of nitrogens with one attached hydrogen (secondary N) is 1. The summed E-state index contributed by atoms with van der Waals surface area (Å²) in [6.45, 7) is 12.4. The molecule has 0 aliphatic carbocycles. The van der Waals surface area contributed by atoms with Crippen molar-refractivity contribution in [3.63, 3.8) is 0 Å². The van der Waals surface area contributed by atoms with Crippen molar-refractivity contribution in [1.82, 2.24) is 39.5 Å². The van der Waals surface area contributed by atoms with E-state index < -0.39 is 11.6 Å². The first-order chi connectivity index (χ1) is 36.3. The monoisotopic (exact) mass is 1020 g/mol. The summed E-state index contributed by atoms with van der Waals surface area (Å²) in [6.07, 6.45) is 5.56. The molecule has 0 fully saturated rings. The van der Waals surface area contributed by atoms with E-state index in [0.717, 1.165) is 40.3 Å². The first-order valence-electron chi connectivity index (χ1n) is 24.5. The van der Waals surface area contributed by atoms with Crippen LogP contribution in [0.3, 0.4) is 0 Å². The Morgan fingerprint density at radius 2 is 1.11 bits per heavy atom. The van der Waals surface area contributed by atoms with Gasteiger partial charge >= 0.3 is 0 Å². The highest BCUT2D eigenvalue weighted by Gasteiger charge is 2.25. The molecular formula is C59H53F2N9O6. The Morgan fingerprint density at radius 1 is 0.605 bits per heavy atom. The molecule has 0 atom stereocenters. The van der Waals surface area contributed by atoms with Gasteiger partial charge in [-0.3, -0.25) is 19.2 Å². The third kappa shape index (κ3) is 12.3. The number of para-hydroxylation sites is 2. The van der Waals surface area contributed by atoms with Gasteiger partial charge in [-0.25, -0.2) is 38.1 Å². The van der Waals surface area contributed by atoms with Crippen LogP contribution >= 0.6 is 0 Å². The smallest absolute Gasteiger partial charge is 0.268 e. The molecule has 15 nitrogen and oxygen atoms in total. The molecule has 0 unspecified atom stereocenters. The fourth-order valence-corrected chi connectivity index (χ4v) is 8.28. The zero-order chi connectivity index (χ0) is 53.7. The van der Waals surface area contributed by atoms with Crippen LogP contribution in [0.25, 0.3) is 22.5 Å². The van der Waals surface area contributed by atoms with Gasteiger partial charge in [0.2, 0.25) is 0 Å². The second kappa shape index (κ2) is 21.8. The number of ketones is 3. The number of aliphatic imine (C=N–C) groups is 1. The van der Waals surface area contributed by atoms with E-state index in [9.17, 15) is 23.6 Å². The first kappa shape index (κ1) is 51.8. The normalized spacial score (nSPS) is 12.2. The van der Waals surface area contributed by atoms with Crippen molar-refractivity contribution >= 4 is 40.5 Å². The number of ether oxygens (including phenoxy) is 2. The maximum atomic E-state index is 15.0. The largest absolute Gasteiger partial charge is 0.457 e. The molecule has 4 aromatic carbocycles. The number of hydrogen-bond donors (Lipinski definition) is 1. The van der Waals surface area contributed by atoms with Crippen LogP contribution in [0, 0.1) is 11.6 Å². The number of aromatic nitrogens is 8. The van der Waals surface area contributed by atoms with E-state index in [4.69, 9.17) is 19.7 Å². The van der Waals surface area contributed by atoms with Gasteiger partial charge in [0.15, 0.2) is 23.0 Å². The van der Waals surface area contributed by atoms with E-state index in [1.54, 1.807) is 39.7 Å². The molecule has 5 aromatic heterocycles. The van der Waals surface area contributed by atoms with E-state index in [2.05, 4.69) is 66.5 Å². The van der Waals surface area contributed by atoms with Crippen LogP contribution in [0.4, 0.5) is 14.6 Å². The van der Waals surface area contributed by atoms with Crippen LogP contribution < -0.4 is 15.0 Å². The van der Waals surface area contributed by atoms with Gasteiger partial charge in [0.05, 0.1) is 46.6 Å². The van der Waals surface area contributed by atoms with Crippen molar-refractivity contribution in [2.24, 2.45) is 4.99 Å². The highest BCUT2D eigenvalue weighted by molar-refractivity contribution is 6.29. The lowest BCUT2D eigenvalue weighted by Crippen LogP contribution is -2.13. The fraction of sp³-hybridized carbons (Fsp3) is 0.220. The van der Waals surface area contributed by atoms with Gasteiger partial charge in [-0.2, -0.15) is 10.2 Å². The number of nitrogens with zero attached hydrogens (tertiary/aromatic N) is 8. The minimum atomic E-state index is -0.553. The van der Waals surface area contributed by atoms with Crippen LogP contribution in [0.5, 0.6) is 23.0 Å². The van der Waals surface area contributed by atoms with Gasteiger partial charge in [-0.05, 0) is 65.7 Å². The number of fused-ring (bicyclic) bond motifs is 2. The Kier molecular flexibility index (Phi) is 14.8. The predicted molar refractivity (Wildman–Crippen MR) is 284 cm³/mol. The number of hydrogen-bond acceptors (Lipinski definition) is 12. The minimum absolute atomic E-state index is 0.0647. The topological polar surface area (TPSA) is 189 Å². The van der Waals surface area contributed by atoms with Crippen molar-refractivity contribution in [2.45, 2.75) is 84.5 Å². The third-order valence-corrected chi connectivity index (χ3v) is 12.3. The number of aromatic amines is 1. The van der Waals surface area contributed by atoms with Crippen molar-refractivity contribution in [3.05, 3.63) is 201 Å². The van der Waals surface area contributed by atoms with E-state index in [1.165, 1.54) is 36.8 Å². The van der Waals surface area contributed by atoms with Crippen LogP contribution in [0.2, 0.25) is 0 Å². The summed E-state index contributed by atoms with van der Waals surface area (Å²) in [4.78, 5) is 68.3. The minimum Gasteiger partial charge on any atom is -0.457 e. The molecule has 76 heavy (non-hydrogen) atoms. The number of H-pyrrole nitrogens is 1. The number of carbonyl (C=O) groups is 3. The van der Waals surface area contributed by atoms with Crippen LogP contribution in [0.15, 0.2) is 150 Å². The molecule has 0 radical (unpaired) electrons. The van der Waals surface area contributed by atoms with E-state index in [1.807, 2.05) is 72.8 Å². The van der Waals surface area contributed by atoms with E-state index in [-0.39, 0.29) is 94.1 Å². The molecule has 17 heteroatoms. The summed E-state index contributed by atoms with van der Waals surface area (Å²) in [5.41, 5.74) is 5.94. The van der Waals surface area contributed by atoms with Crippen LogP contribution in [0.1, 0.15) is 81.0 Å². The van der Waals surface area contributed by atoms with Crippen LogP contribution in [-0.4, -0.2) is 63.1 Å². The summed E-state index contributed by atoms with van der Waals surface area (Å²) in [5.74, 6) is 0.0981. The molecule has 0 saturated heterocycles. The second-order valence-corrected chi connectivity index (χ2v) is 20.3. The first-order valence-corrected chi connectivity index (χ1v) is 24.5. The van der Waals surface area contributed by atoms with Gasteiger partial charge in [-0.1, -0.05) is 90.1 Å². The Balaban J connectivity index is 0.000000186. The molecule has 6 heterocycles. The summed E-state index contributed by atoms with van der Waals surface area (Å²) >= 11 is 0. The number of halogens is 2. The van der Waals surface area contributed by atoms with Crippen molar-refractivity contribution in [3.8, 4) is 34.4 Å². The SMILES string of the molecule is CC(C)(C)c1cc(CC(=O)Cc2ccc(Oc3ccnc4[nH]c(=O)cnc34)cc2F)n(-c2ccccc2)n1.CC(C)(C)c1cc(CC(=O)Cc2ccc(Oc3ccnc4c3CC(=O)C=N4)cc2F)n(-c2ccccc2)n1. The highest BCUT2D eigenvalue weighted by Crippen LogP contribution is 2.34. The number of carbonyl (C=O) groups excluding carboxylic acids is 3.